The SMILES string of the molecule is c1ccc(-c2nc(-c3ccc4cc(-c5ccc(-c6c7ccccc7cc7c6ccc6ccccc67)cc5)ccc4c3)cc(-c3cccc4sc5ccccc5c34)n2)cc1. The fraction of sp³-hybridized carbons (Fsp3) is 0. The number of thiophene rings is 1. The van der Waals surface area contributed by atoms with Gasteiger partial charge in [0, 0.05) is 36.9 Å². The van der Waals surface area contributed by atoms with E-state index in [2.05, 4.69) is 188 Å². The third-order valence-electron chi connectivity index (χ3n) is 11.8. The van der Waals surface area contributed by atoms with Gasteiger partial charge in [0.15, 0.2) is 5.82 Å². The standard InChI is InChI=1S/C56H34N2S/c1-2-12-38(13-3-1)56-57-50(34-51(58-56)47-18-10-20-53-55(47)48-17-8-9-19-52(48)59-53)43-28-27-40-31-39(25-26-41(40)32-43)35-21-23-37(24-22-35)54-45-16-7-5-14-42(45)33-49-44-15-6-4-11-36(44)29-30-46(49)54/h1-34H. The van der Waals surface area contributed by atoms with Gasteiger partial charge in [0.05, 0.1) is 11.4 Å². The molecule has 2 heterocycles. The van der Waals surface area contributed by atoms with E-state index >= 15 is 0 Å². The van der Waals surface area contributed by atoms with Crippen molar-refractivity contribution in [3.05, 3.63) is 206 Å². The maximum Gasteiger partial charge on any atom is 0.160 e. The van der Waals surface area contributed by atoms with Crippen molar-refractivity contribution in [2.45, 2.75) is 0 Å². The minimum atomic E-state index is 0.721. The second-order valence-corrected chi connectivity index (χ2v) is 16.4. The van der Waals surface area contributed by atoms with E-state index in [4.69, 9.17) is 9.97 Å². The van der Waals surface area contributed by atoms with Crippen LogP contribution in [-0.4, -0.2) is 9.97 Å². The molecule has 2 aromatic heterocycles. The molecule has 274 valence electrons. The number of rotatable bonds is 5. The van der Waals surface area contributed by atoms with Crippen molar-refractivity contribution in [2.75, 3.05) is 0 Å². The zero-order valence-corrected chi connectivity index (χ0v) is 32.7. The Labute approximate surface area is 345 Å². The number of fused-ring (bicyclic) bond motifs is 8. The number of hydrogen-bond donors (Lipinski definition) is 0. The predicted molar refractivity (Wildman–Crippen MR) is 252 cm³/mol. The maximum absolute atomic E-state index is 5.20. The summed E-state index contributed by atoms with van der Waals surface area (Å²) < 4.78 is 2.54. The number of aromatic nitrogens is 2. The lowest BCUT2D eigenvalue weighted by Crippen LogP contribution is -1.96. The fourth-order valence-electron chi connectivity index (χ4n) is 8.98. The highest BCUT2D eigenvalue weighted by Gasteiger charge is 2.17. The summed E-state index contributed by atoms with van der Waals surface area (Å²) in [5.41, 5.74) is 9.90. The van der Waals surface area contributed by atoms with Crippen molar-refractivity contribution in [1.29, 1.82) is 0 Å². The van der Waals surface area contributed by atoms with Crippen LogP contribution < -0.4 is 0 Å². The lowest BCUT2D eigenvalue weighted by atomic mass is 9.89. The van der Waals surface area contributed by atoms with Gasteiger partial charge in [0.1, 0.15) is 0 Å². The Hall–Kier alpha value is -7.46. The van der Waals surface area contributed by atoms with Gasteiger partial charge in [0.25, 0.3) is 0 Å². The molecule has 0 bridgehead atoms. The van der Waals surface area contributed by atoms with Gasteiger partial charge in [-0.15, -0.1) is 11.3 Å². The summed E-state index contributed by atoms with van der Waals surface area (Å²) in [7, 11) is 0. The summed E-state index contributed by atoms with van der Waals surface area (Å²) in [5, 5.41) is 12.5. The molecule has 12 aromatic rings. The summed E-state index contributed by atoms with van der Waals surface area (Å²) in [6.45, 7) is 0. The summed E-state index contributed by atoms with van der Waals surface area (Å²) in [6, 6.07) is 74.6. The van der Waals surface area contributed by atoms with E-state index in [9.17, 15) is 0 Å². The third-order valence-corrected chi connectivity index (χ3v) is 13.0. The molecule has 0 radical (unpaired) electrons. The second-order valence-electron chi connectivity index (χ2n) is 15.3. The molecule has 2 nitrogen and oxygen atoms in total. The first-order valence-electron chi connectivity index (χ1n) is 20.1. The second kappa shape index (κ2) is 13.6. The normalized spacial score (nSPS) is 11.7. The quantitative estimate of drug-likeness (QED) is 0.129. The average Bonchev–Trinajstić information content (AvgIpc) is 3.70. The van der Waals surface area contributed by atoms with Crippen molar-refractivity contribution < 1.29 is 0 Å². The van der Waals surface area contributed by atoms with Crippen LogP contribution in [0.4, 0.5) is 0 Å². The molecule has 0 unspecified atom stereocenters. The molecular weight excluding hydrogens is 733 g/mol. The van der Waals surface area contributed by atoms with Crippen molar-refractivity contribution in [2.24, 2.45) is 0 Å². The Morgan fingerprint density at radius 3 is 1.78 bits per heavy atom. The van der Waals surface area contributed by atoms with E-state index in [1.54, 1.807) is 0 Å². The molecule has 0 aliphatic rings. The molecule has 0 N–H and O–H groups in total. The molecule has 0 aliphatic heterocycles. The van der Waals surface area contributed by atoms with Gasteiger partial charge in [-0.2, -0.15) is 0 Å². The highest BCUT2D eigenvalue weighted by molar-refractivity contribution is 7.25. The Kier molecular flexibility index (Phi) is 7.75. The number of nitrogens with zero attached hydrogens (tertiary/aromatic N) is 2. The first-order chi connectivity index (χ1) is 29.2. The summed E-state index contributed by atoms with van der Waals surface area (Å²) in [6.07, 6.45) is 0. The van der Waals surface area contributed by atoms with Crippen molar-refractivity contribution in [3.8, 4) is 56.2 Å². The molecule has 3 heteroatoms. The first kappa shape index (κ1) is 33.7. The zero-order chi connectivity index (χ0) is 38.9. The largest absolute Gasteiger partial charge is 0.228 e. The average molecular weight is 767 g/mol. The predicted octanol–water partition coefficient (Wildman–Crippen LogP) is 15.8. The molecule has 0 amide bonds. The van der Waals surface area contributed by atoms with Crippen LogP contribution in [0.1, 0.15) is 0 Å². The van der Waals surface area contributed by atoms with Gasteiger partial charge in [0.2, 0.25) is 0 Å². The lowest BCUT2D eigenvalue weighted by Gasteiger charge is -2.15. The van der Waals surface area contributed by atoms with Gasteiger partial charge in [-0.05, 0) is 102 Å². The molecule has 0 saturated carbocycles. The Balaban J connectivity index is 0.931. The van der Waals surface area contributed by atoms with E-state index < -0.39 is 0 Å². The molecule has 12 rings (SSSR count). The minimum absolute atomic E-state index is 0.721. The van der Waals surface area contributed by atoms with Crippen LogP contribution in [0, 0.1) is 0 Å². The molecule has 0 spiro atoms. The summed E-state index contributed by atoms with van der Waals surface area (Å²) in [5.74, 6) is 0.721. The van der Waals surface area contributed by atoms with E-state index in [1.807, 2.05) is 29.5 Å². The van der Waals surface area contributed by atoms with Gasteiger partial charge in [-0.3, -0.25) is 0 Å². The van der Waals surface area contributed by atoms with E-state index in [-0.39, 0.29) is 0 Å². The van der Waals surface area contributed by atoms with Crippen LogP contribution in [0.15, 0.2) is 206 Å². The van der Waals surface area contributed by atoms with Crippen LogP contribution in [0.5, 0.6) is 0 Å². The van der Waals surface area contributed by atoms with Gasteiger partial charge in [-0.1, -0.05) is 170 Å². The molecular formula is C56H34N2S. The smallest absolute Gasteiger partial charge is 0.160 e. The van der Waals surface area contributed by atoms with Gasteiger partial charge < -0.3 is 0 Å². The highest BCUT2D eigenvalue weighted by Crippen LogP contribution is 2.42. The van der Waals surface area contributed by atoms with Crippen LogP contribution in [-0.2, 0) is 0 Å². The Morgan fingerprint density at radius 2 is 0.932 bits per heavy atom. The van der Waals surface area contributed by atoms with E-state index in [0.29, 0.717) is 0 Å². The molecule has 59 heavy (non-hydrogen) atoms. The fourth-order valence-corrected chi connectivity index (χ4v) is 10.1. The Bertz CT molecular complexity index is 3600. The first-order valence-corrected chi connectivity index (χ1v) is 20.9. The topological polar surface area (TPSA) is 25.8 Å². The lowest BCUT2D eigenvalue weighted by molar-refractivity contribution is 1.19. The molecule has 0 atom stereocenters. The van der Waals surface area contributed by atoms with E-state index in [1.165, 1.54) is 85.5 Å². The van der Waals surface area contributed by atoms with Crippen LogP contribution in [0.2, 0.25) is 0 Å². The van der Waals surface area contributed by atoms with Crippen molar-refractivity contribution >= 4 is 74.6 Å². The summed E-state index contributed by atoms with van der Waals surface area (Å²) >= 11 is 1.83. The Morgan fingerprint density at radius 1 is 0.305 bits per heavy atom. The monoisotopic (exact) mass is 766 g/mol. The highest BCUT2D eigenvalue weighted by atomic mass is 32.1. The van der Waals surface area contributed by atoms with Gasteiger partial charge in [-0.25, -0.2) is 9.97 Å². The number of benzene rings is 10. The molecule has 0 saturated heterocycles. The molecule has 10 aromatic carbocycles. The zero-order valence-electron chi connectivity index (χ0n) is 31.9. The molecule has 0 fully saturated rings. The van der Waals surface area contributed by atoms with Crippen LogP contribution in [0.25, 0.3) is 119 Å². The third kappa shape index (κ3) is 5.70. The molecule has 0 aliphatic carbocycles. The minimum Gasteiger partial charge on any atom is -0.228 e. The van der Waals surface area contributed by atoms with Crippen molar-refractivity contribution in [1.82, 2.24) is 9.97 Å². The van der Waals surface area contributed by atoms with E-state index in [0.717, 1.165) is 33.9 Å². The maximum atomic E-state index is 5.20. The van der Waals surface area contributed by atoms with Crippen LogP contribution >= 0.6 is 11.3 Å². The number of hydrogen-bond acceptors (Lipinski definition) is 3. The van der Waals surface area contributed by atoms with Crippen molar-refractivity contribution in [3.63, 3.8) is 0 Å². The van der Waals surface area contributed by atoms with Crippen LogP contribution in [0.3, 0.4) is 0 Å². The summed E-state index contributed by atoms with van der Waals surface area (Å²) in [4.78, 5) is 10.4. The van der Waals surface area contributed by atoms with Gasteiger partial charge >= 0.3 is 0 Å².